The standard InChI is InChI=1S/C10H11NS/c1-3-8-6-12-10-9(8)4-7(2)5-11-10/h4-6H,3H2,1-2H3. The molecule has 2 heterocycles. The Morgan fingerprint density at radius 3 is 3.08 bits per heavy atom. The van der Waals surface area contributed by atoms with Crippen molar-refractivity contribution in [2.24, 2.45) is 0 Å². The van der Waals surface area contributed by atoms with Gasteiger partial charge in [-0.15, -0.1) is 11.3 Å². The molecule has 2 heteroatoms. The second kappa shape index (κ2) is 2.87. The maximum Gasteiger partial charge on any atom is 0.123 e. The quantitative estimate of drug-likeness (QED) is 0.652. The van der Waals surface area contributed by atoms with Gasteiger partial charge in [-0.3, -0.25) is 0 Å². The van der Waals surface area contributed by atoms with Crippen LogP contribution >= 0.6 is 11.3 Å². The third-order valence-electron chi connectivity index (χ3n) is 2.03. The van der Waals surface area contributed by atoms with E-state index in [9.17, 15) is 0 Å². The molecule has 2 aromatic heterocycles. The summed E-state index contributed by atoms with van der Waals surface area (Å²) in [5, 5.41) is 3.54. The zero-order valence-corrected chi connectivity index (χ0v) is 8.11. The molecule has 0 aliphatic rings. The lowest BCUT2D eigenvalue weighted by molar-refractivity contribution is 1.17. The lowest BCUT2D eigenvalue weighted by Gasteiger charge is -1.94. The highest BCUT2D eigenvalue weighted by Gasteiger charge is 2.02. The van der Waals surface area contributed by atoms with Crippen molar-refractivity contribution in [3.8, 4) is 0 Å². The van der Waals surface area contributed by atoms with Crippen LogP contribution in [0.3, 0.4) is 0 Å². The number of rotatable bonds is 1. The molecule has 1 nitrogen and oxygen atoms in total. The molecule has 0 saturated carbocycles. The Morgan fingerprint density at radius 2 is 2.33 bits per heavy atom. The monoisotopic (exact) mass is 177 g/mol. The third-order valence-corrected chi connectivity index (χ3v) is 2.98. The number of nitrogens with zero attached hydrogens (tertiary/aromatic N) is 1. The van der Waals surface area contributed by atoms with Crippen LogP contribution in [0.15, 0.2) is 17.6 Å². The maximum absolute atomic E-state index is 4.37. The van der Waals surface area contributed by atoms with Gasteiger partial charge in [0.15, 0.2) is 0 Å². The van der Waals surface area contributed by atoms with E-state index < -0.39 is 0 Å². The van der Waals surface area contributed by atoms with Crippen molar-refractivity contribution in [1.82, 2.24) is 4.98 Å². The van der Waals surface area contributed by atoms with E-state index in [2.05, 4.69) is 30.3 Å². The Labute approximate surface area is 76.1 Å². The summed E-state index contributed by atoms with van der Waals surface area (Å²) in [6.45, 7) is 4.27. The number of thiophene rings is 1. The van der Waals surface area contributed by atoms with E-state index in [4.69, 9.17) is 0 Å². The van der Waals surface area contributed by atoms with Gasteiger partial charge in [0, 0.05) is 11.6 Å². The van der Waals surface area contributed by atoms with E-state index in [1.165, 1.54) is 16.5 Å². The summed E-state index contributed by atoms with van der Waals surface area (Å²) < 4.78 is 0. The average molecular weight is 177 g/mol. The molecule has 62 valence electrons. The predicted molar refractivity (Wildman–Crippen MR) is 53.7 cm³/mol. The summed E-state index contributed by atoms with van der Waals surface area (Å²) in [6, 6.07) is 2.22. The topological polar surface area (TPSA) is 12.9 Å². The lowest BCUT2D eigenvalue weighted by atomic mass is 10.1. The molecule has 0 amide bonds. The first-order chi connectivity index (χ1) is 5.81. The van der Waals surface area contributed by atoms with Crippen LogP contribution in [0.1, 0.15) is 18.1 Å². The highest BCUT2D eigenvalue weighted by atomic mass is 32.1. The maximum atomic E-state index is 4.37. The van der Waals surface area contributed by atoms with Crippen molar-refractivity contribution in [3.05, 3.63) is 28.8 Å². The molecule has 0 N–H and O–H groups in total. The molecule has 0 saturated heterocycles. The van der Waals surface area contributed by atoms with Crippen LogP contribution in [0.2, 0.25) is 0 Å². The van der Waals surface area contributed by atoms with E-state index in [1.807, 2.05) is 6.20 Å². The van der Waals surface area contributed by atoms with E-state index in [0.29, 0.717) is 0 Å². The Balaban J connectivity index is 2.75. The molecular weight excluding hydrogens is 166 g/mol. The summed E-state index contributed by atoms with van der Waals surface area (Å²) >= 11 is 1.74. The summed E-state index contributed by atoms with van der Waals surface area (Å²) in [5.41, 5.74) is 2.67. The fourth-order valence-electron chi connectivity index (χ4n) is 1.34. The minimum atomic E-state index is 1.10. The largest absolute Gasteiger partial charge is 0.245 e. The van der Waals surface area contributed by atoms with Crippen LogP contribution in [0, 0.1) is 6.92 Å². The van der Waals surface area contributed by atoms with Crippen LogP contribution in [0.25, 0.3) is 10.2 Å². The normalized spacial score (nSPS) is 10.8. The predicted octanol–water partition coefficient (Wildman–Crippen LogP) is 3.17. The summed E-state index contributed by atoms with van der Waals surface area (Å²) in [5.74, 6) is 0. The molecule has 0 atom stereocenters. The molecule has 0 aliphatic carbocycles. The van der Waals surface area contributed by atoms with E-state index >= 15 is 0 Å². The van der Waals surface area contributed by atoms with Crippen LogP contribution in [-0.4, -0.2) is 4.98 Å². The van der Waals surface area contributed by atoms with Crippen molar-refractivity contribution in [2.75, 3.05) is 0 Å². The SMILES string of the molecule is CCc1csc2ncc(C)cc12. The van der Waals surface area contributed by atoms with Gasteiger partial charge < -0.3 is 0 Å². The molecule has 0 fully saturated rings. The zero-order chi connectivity index (χ0) is 8.55. The van der Waals surface area contributed by atoms with Gasteiger partial charge in [-0.05, 0) is 35.9 Å². The highest BCUT2D eigenvalue weighted by molar-refractivity contribution is 7.16. The molecular formula is C10H11NS. The second-order valence-corrected chi connectivity index (χ2v) is 3.84. The minimum Gasteiger partial charge on any atom is -0.245 e. The van der Waals surface area contributed by atoms with Gasteiger partial charge >= 0.3 is 0 Å². The number of aryl methyl sites for hydroxylation is 2. The van der Waals surface area contributed by atoms with Gasteiger partial charge in [0.2, 0.25) is 0 Å². The van der Waals surface area contributed by atoms with Gasteiger partial charge in [0.1, 0.15) is 4.83 Å². The molecule has 2 rings (SSSR count). The molecule has 0 spiro atoms. The second-order valence-electron chi connectivity index (χ2n) is 2.98. The molecule has 12 heavy (non-hydrogen) atoms. The molecule has 2 aromatic rings. The molecule has 0 aromatic carbocycles. The Morgan fingerprint density at radius 1 is 1.50 bits per heavy atom. The Kier molecular flexibility index (Phi) is 1.85. The Hall–Kier alpha value is -0.890. The first-order valence-electron chi connectivity index (χ1n) is 4.14. The van der Waals surface area contributed by atoms with Crippen molar-refractivity contribution < 1.29 is 0 Å². The number of hydrogen-bond donors (Lipinski definition) is 0. The smallest absolute Gasteiger partial charge is 0.123 e. The molecule has 0 aliphatic heterocycles. The number of pyridine rings is 1. The summed E-state index contributed by atoms with van der Waals surface area (Å²) in [7, 11) is 0. The van der Waals surface area contributed by atoms with E-state index in [1.54, 1.807) is 11.3 Å². The van der Waals surface area contributed by atoms with Gasteiger partial charge in [0.05, 0.1) is 0 Å². The fourth-order valence-corrected chi connectivity index (χ4v) is 2.32. The molecule has 0 unspecified atom stereocenters. The van der Waals surface area contributed by atoms with Crippen LogP contribution < -0.4 is 0 Å². The van der Waals surface area contributed by atoms with Gasteiger partial charge in [-0.25, -0.2) is 4.98 Å². The first kappa shape index (κ1) is 7.74. The van der Waals surface area contributed by atoms with Crippen molar-refractivity contribution in [1.29, 1.82) is 0 Å². The van der Waals surface area contributed by atoms with Gasteiger partial charge in [-0.2, -0.15) is 0 Å². The summed E-state index contributed by atoms with van der Waals surface area (Å²) in [6.07, 6.45) is 3.03. The van der Waals surface area contributed by atoms with Crippen LogP contribution in [0.5, 0.6) is 0 Å². The fraction of sp³-hybridized carbons (Fsp3) is 0.300. The van der Waals surface area contributed by atoms with Crippen molar-refractivity contribution >= 4 is 21.6 Å². The Bertz CT molecular complexity index is 403. The van der Waals surface area contributed by atoms with Crippen LogP contribution in [-0.2, 0) is 6.42 Å². The van der Waals surface area contributed by atoms with Crippen molar-refractivity contribution in [3.63, 3.8) is 0 Å². The molecule has 0 bridgehead atoms. The highest BCUT2D eigenvalue weighted by Crippen LogP contribution is 2.24. The van der Waals surface area contributed by atoms with Gasteiger partial charge in [0.25, 0.3) is 0 Å². The van der Waals surface area contributed by atoms with Crippen LogP contribution in [0.4, 0.5) is 0 Å². The average Bonchev–Trinajstić information content (AvgIpc) is 2.46. The zero-order valence-electron chi connectivity index (χ0n) is 7.29. The minimum absolute atomic E-state index is 1.10. The van der Waals surface area contributed by atoms with E-state index in [0.717, 1.165) is 11.3 Å². The first-order valence-corrected chi connectivity index (χ1v) is 5.02. The third kappa shape index (κ3) is 1.12. The lowest BCUT2D eigenvalue weighted by Crippen LogP contribution is -1.79. The van der Waals surface area contributed by atoms with E-state index in [-0.39, 0.29) is 0 Å². The summed E-state index contributed by atoms with van der Waals surface area (Å²) in [4.78, 5) is 5.53. The number of hydrogen-bond acceptors (Lipinski definition) is 2. The number of fused-ring (bicyclic) bond motifs is 1. The van der Waals surface area contributed by atoms with Gasteiger partial charge in [-0.1, -0.05) is 6.92 Å². The number of aromatic nitrogens is 1. The van der Waals surface area contributed by atoms with Crippen molar-refractivity contribution in [2.45, 2.75) is 20.3 Å². The molecule has 0 radical (unpaired) electrons.